The van der Waals surface area contributed by atoms with Gasteiger partial charge in [0.25, 0.3) is 0 Å². The molecule has 0 aliphatic heterocycles. The van der Waals surface area contributed by atoms with Crippen molar-refractivity contribution in [2.45, 2.75) is 38.6 Å². The molecule has 2 N–H and O–H groups in total. The van der Waals surface area contributed by atoms with Gasteiger partial charge in [-0.05, 0) is 30.7 Å². The maximum atomic E-state index is 14.0. The molecule has 3 heteroatoms. The van der Waals surface area contributed by atoms with Gasteiger partial charge in [-0.1, -0.05) is 25.8 Å². The van der Waals surface area contributed by atoms with Crippen LogP contribution in [0.1, 0.15) is 44.2 Å². The van der Waals surface area contributed by atoms with Crippen molar-refractivity contribution in [1.29, 1.82) is 0 Å². The second kappa shape index (κ2) is 5.70. The zero-order chi connectivity index (χ0) is 13.1. The molecule has 0 heterocycles. The van der Waals surface area contributed by atoms with E-state index in [1.165, 1.54) is 26.0 Å². The third kappa shape index (κ3) is 2.66. The maximum Gasteiger partial charge on any atom is 0.131 e. The van der Waals surface area contributed by atoms with Gasteiger partial charge in [-0.25, -0.2) is 4.39 Å². The third-order valence-corrected chi connectivity index (χ3v) is 4.23. The van der Waals surface area contributed by atoms with E-state index in [1.807, 2.05) is 0 Å². The first-order valence-corrected chi connectivity index (χ1v) is 6.74. The van der Waals surface area contributed by atoms with E-state index in [2.05, 4.69) is 6.92 Å². The molecular formula is C15H22FNO. The molecule has 1 saturated carbocycles. The fraction of sp³-hybridized carbons (Fsp3) is 0.600. The summed E-state index contributed by atoms with van der Waals surface area (Å²) in [6.45, 7) is 2.21. The molecule has 1 aromatic rings. The second-order valence-corrected chi connectivity index (χ2v) is 5.26. The van der Waals surface area contributed by atoms with E-state index in [0.717, 1.165) is 18.8 Å². The summed E-state index contributed by atoms with van der Waals surface area (Å²) in [5, 5.41) is 0. The van der Waals surface area contributed by atoms with Crippen LogP contribution in [0, 0.1) is 17.7 Å². The van der Waals surface area contributed by atoms with Crippen LogP contribution in [0.4, 0.5) is 4.39 Å². The van der Waals surface area contributed by atoms with E-state index < -0.39 is 0 Å². The molecule has 18 heavy (non-hydrogen) atoms. The smallest absolute Gasteiger partial charge is 0.131 e. The van der Waals surface area contributed by atoms with Crippen LogP contribution >= 0.6 is 0 Å². The Morgan fingerprint density at radius 1 is 1.44 bits per heavy atom. The lowest BCUT2D eigenvalue weighted by Gasteiger charge is -2.20. The number of nitrogens with two attached hydrogens (primary N) is 1. The summed E-state index contributed by atoms with van der Waals surface area (Å²) in [6.07, 6.45) is 4.68. The van der Waals surface area contributed by atoms with Crippen molar-refractivity contribution in [3.63, 3.8) is 0 Å². The van der Waals surface area contributed by atoms with E-state index in [-0.39, 0.29) is 11.9 Å². The van der Waals surface area contributed by atoms with Crippen LogP contribution in [0.5, 0.6) is 5.75 Å². The molecular weight excluding hydrogens is 229 g/mol. The summed E-state index contributed by atoms with van der Waals surface area (Å²) in [7, 11) is 1.54. The van der Waals surface area contributed by atoms with Crippen molar-refractivity contribution in [3.05, 3.63) is 29.6 Å². The minimum atomic E-state index is -0.248. The highest BCUT2D eigenvalue weighted by Gasteiger charge is 2.30. The lowest BCUT2D eigenvalue weighted by molar-refractivity contribution is 0.396. The summed E-state index contributed by atoms with van der Waals surface area (Å²) >= 11 is 0. The number of benzene rings is 1. The third-order valence-electron chi connectivity index (χ3n) is 4.23. The Labute approximate surface area is 108 Å². The zero-order valence-electron chi connectivity index (χ0n) is 11.2. The van der Waals surface area contributed by atoms with Gasteiger partial charge in [0.2, 0.25) is 0 Å². The lowest BCUT2D eigenvalue weighted by atomic mass is 9.91. The molecule has 2 rings (SSSR count). The van der Waals surface area contributed by atoms with Crippen molar-refractivity contribution in [3.8, 4) is 5.75 Å². The van der Waals surface area contributed by atoms with Crippen LogP contribution in [0.2, 0.25) is 0 Å². The number of halogens is 1. The molecule has 0 radical (unpaired) electrons. The van der Waals surface area contributed by atoms with Crippen LogP contribution in [0.25, 0.3) is 0 Å². The summed E-state index contributed by atoms with van der Waals surface area (Å²) in [5.41, 5.74) is 6.85. The first-order valence-electron chi connectivity index (χ1n) is 6.74. The van der Waals surface area contributed by atoms with Gasteiger partial charge >= 0.3 is 0 Å². The van der Waals surface area contributed by atoms with Gasteiger partial charge in [-0.2, -0.15) is 0 Å². The zero-order valence-corrected chi connectivity index (χ0v) is 11.2. The number of ether oxygens (including phenoxy) is 1. The highest BCUT2D eigenvalue weighted by molar-refractivity contribution is 5.31. The minimum absolute atomic E-state index is 0.188. The van der Waals surface area contributed by atoms with Gasteiger partial charge < -0.3 is 10.5 Å². The molecule has 3 unspecified atom stereocenters. The predicted molar refractivity (Wildman–Crippen MR) is 71.0 cm³/mol. The van der Waals surface area contributed by atoms with Gasteiger partial charge in [-0.15, -0.1) is 0 Å². The Hall–Kier alpha value is -1.09. The van der Waals surface area contributed by atoms with Crippen LogP contribution in [0.3, 0.4) is 0 Å². The SMILES string of the molecule is CCC1CCC(C(N)c2ccc(OC)cc2F)C1. The number of rotatable bonds is 4. The normalized spacial score (nSPS) is 25.1. The van der Waals surface area contributed by atoms with E-state index in [1.54, 1.807) is 12.1 Å². The quantitative estimate of drug-likeness (QED) is 0.886. The highest BCUT2D eigenvalue weighted by Crippen LogP contribution is 2.40. The molecule has 100 valence electrons. The Bertz CT molecular complexity index is 407. The lowest BCUT2D eigenvalue weighted by Crippen LogP contribution is -2.20. The fourth-order valence-corrected chi connectivity index (χ4v) is 2.97. The van der Waals surface area contributed by atoms with E-state index in [0.29, 0.717) is 17.2 Å². The summed E-state index contributed by atoms with van der Waals surface area (Å²) in [4.78, 5) is 0. The van der Waals surface area contributed by atoms with E-state index in [9.17, 15) is 4.39 Å². The van der Waals surface area contributed by atoms with Gasteiger partial charge in [0, 0.05) is 17.7 Å². The maximum absolute atomic E-state index is 14.0. The topological polar surface area (TPSA) is 35.2 Å². The standard InChI is InChI=1S/C15H22FNO/c1-3-10-4-5-11(8-10)15(17)13-7-6-12(18-2)9-14(13)16/h6-7,9-11,15H,3-5,8,17H2,1-2H3. The number of methoxy groups -OCH3 is 1. The monoisotopic (exact) mass is 251 g/mol. The first-order chi connectivity index (χ1) is 8.65. The largest absolute Gasteiger partial charge is 0.497 e. The van der Waals surface area contributed by atoms with Crippen molar-refractivity contribution in [1.82, 2.24) is 0 Å². The van der Waals surface area contributed by atoms with Gasteiger partial charge in [0.15, 0.2) is 0 Å². The number of hydrogen-bond acceptors (Lipinski definition) is 2. The van der Waals surface area contributed by atoms with Crippen molar-refractivity contribution >= 4 is 0 Å². The molecule has 0 saturated heterocycles. The molecule has 3 atom stereocenters. The highest BCUT2D eigenvalue weighted by atomic mass is 19.1. The van der Waals surface area contributed by atoms with Crippen molar-refractivity contribution in [2.24, 2.45) is 17.6 Å². The molecule has 1 aliphatic carbocycles. The second-order valence-electron chi connectivity index (χ2n) is 5.26. The van der Waals surface area contributed by atoms with Crippen molar-refractivity contribution in [2.75, 3.05) is 7.11 Å². The Morgan fingerprint density at radius 2 is 2.22 bits per heavy atom. The Morgan fingerprint density at radius 3 is 2.78 bits per heavy atom. The van der Waals surface area contributed by atoms with Crippen LogP contribution < -0.4 is 10.5 Å². The molecule has 2 nitrogen and oxygen atoms in total. The summed E-state index contributed by atoms with van der Waals surface area (Å²) < 4.78 is 19.0. The average molecular weight is 251 g/mol. The van der Waals surface area contributed by atoms with Gasteiger partial charge in [0.1, 0.15) is 11.6 Å². The Balaban J connectivity index is 2.11. The van der Waals surface area contributed by atoms with E-state index in [4.69, 9.17) is 10.5 Å². The molecule has 0 aromatic heterocycles. The van der Waals surface area contributed by atoms with Crippen LogP contribution in [-0.2, 0) is 0 Å². The predicted octanol–water partition coefficient (Wildman–Crippen LogP) is 3.66. The molecule has 1 fully saturated rings. The molecule has 1 aromatic carbocycles. The molecule has 0 bridgehead atoms. The molecule has 0 amide bonds. The summed E-state index contributed by atoms with van der Waals surface area (Å²) in [5.74, 6) is 1.48. The average Bonchev–Trinajstić information content (AvgIpc) is 2.86. The van der Waals surface area contributed by atoms with Crippen LogP contribution in [0.15, 0.2) is 18.2 Å². The summed E-state index contributed by atoms with van der Waals surface area (Å²) in [6, 6.07) is 4.77. The van der Waals surface area contributed by atoms with Crippen molar-refractivity contribution < 1.29 is 9.13 Å². The van der Waals surface area contributed by atoms with Crippen LogP contribution in [-0.4, -0.2) is 7.11 Å². The molecule has 0 spiro atoms. The number of hydrogen-bond donors (Lipinski definition) is 1. The van der Waals surface area contributed by atoms with Gasteiger partial charge in [-0.3, -0.25) is 0 Å². The first kappa shape index (κ1) is 13.3. The Kier molecular flexibility index (Phi) is 4.23. The minimum Gasteiger partial charge on any atom is -0.497 e. The van der Waals surface area contributed by atoms with E-state index >= 15 is 0 Å². The fourth-order valence-electron chi connectivity index (χ4n) is 2.97. The molecule has 1 aliphatic rings. The van der Waals surface area contributed by atoms with Gasteiger partial charge in [0.05, 0.1) is 7.11 Å².